The monoisotopic (exact) mass is 441 g/mol. The summed E-state index contributed by atoms with van der Waals surface area (Å²) < 4.78 is 5.97. The number of nitrogens with zero attached hydrogens (tertiary/aromatic N) is 4. The molecule has 33 heavy (non-hydrogen) atoms. The highest BCUT2D eigenvalue weighted by molar-refractivity contribution is 5.99. The number of carbonyl (C=O) groups excluding carboxylic acids is 1. The maximum Gasteiger partial charge on any atom is 0.290 e. The lowest BCUT2D eigenvalue weighted by atomic mass is 10.1. The number of benzene rings is 1. The zero-order chi connectivity index (χ0) is 23.1. The summed E-state index contributed by atoms with van der Waals surface area (Å²) >= 11 is 0. The summed E-state index contributed by atoms with van der Waals surface area (Å²) in [6.07, 6.45) is 1.79. The van der Waals surface area contributed by atoms with E-state index in [2.05, 4.69) is 15.3 Å². The van der Waals surface area contributed by atoms with E-state index in [0.29, 0.717) is 18.3 Å². The fraction of sp³-hybridized carbons (Fsp3) is 0.308. The Labute approximate surface area is 192 Å². The average Bonchev–Trinajstić information content (AvgIpc) is 3.38. The molecule has 0 unspecified atom stereocenters. The van der Waals surface area contributed by atoms with E-state index >= 15 is 0 Å². The largest absolute Gasteiger partial charge is 0.451 e. The van der Waals surface area contributed by atoms with Crippen molar-refractivity contribution in [1.82, 2.24) is 19.9 Å². The standard InChI is InChI=1S/C26H27N5O2/c1-15-12-16(2)29-26(28-15)30-19-13-17(3)27-21(14-19)22-9-7-11-31(22)25(32)24-18(4)20-8-5-6-10-23(20)33-24/h5-6,8,10,12-14,22H,7,9,11H2,1-4H3,(H,27,28,29,30)/t22-/m0/s1. The number of aryl methyl sites for hydroxylation is 4. The molecule has 4 heterocycles. The molecule has 1 atom stereocenters. The maximum absolute atomic E-state index is 13.5. The number of amides is 1. The first-order valence-electron chi connectivity index (χ1n) is 11.3. The van der Waals surface area contributed by atoms with E-state index in [-0.39, 0.29) is 11.9 Å². The number of hydrogen-bond acceptors (Lipinski definition) is 6. The summed E-state index contributed by atoms with van der Waals surface area (Å²) in [6, 6.07) is 13.6. The molecule has 1 fully saturated rings. The molecule has 7 nitrogen and oxygen atoms in total. The summed E-state index contributed by atoms with van der Waals surface area (Å²) in [7, 11) is 0. The number of carbonyl (C=O) groups is 1. The van der Waals surface area contributed by atoms with E-state index in [1.807, 2.05) is 75.1 Å². The number of aromatic nitrogens is 3. The molecule has 0 aliphatic carbocycles. The van der Waals surface area contributed by atoms with Crippen molar-refractivity contribution >= 4 is 28.5 Å². The predicted molar refractivity (Wildman–Crippen MR) is 128 cm³/mol. The number of rotatable bonds is 4. The van der Waals surface area contributed by atoms with Crippen molar-refractivity contribution in [1.29, 1.82) is 0 Å². The van der Waals surface area contributed by atoms with Crippen molar-refractivity contribution < 1.29 is 9.21 Å². The van der Waals surface area contributed by atoms with Crippen molar-refractivity contribution in [2.24, 2.45) is 0 Å². The van der Waals surface area contributed by atoms with E-state index < -0.39 is 0 Å². The fourth-order valence-electron chi connectivity index (χ4n) is 4.67. The smallest absolute Gasteiger partial charge is 0.290 e. The van der Waals surface area contributed by atoms with Gasteiger partial charge in [-0.05, 0) is 64.8 Å². The summed E-state index contributed by atoms with van der Waals surface area (Å²) in [4.78, 5) is 29.2. The molecule has 5 rings (SSSR count). The van der Waals surface area contributed by atoms with Gasteiger partial charge in [0.15, 0.2) is 5.76 Å². The lowest BCUT2D eigenvalue weighted by Crippen LogP contribution is -2.31. The Balaban J connectivity index is 1.45. The van der Waals surface area contributed by atoms with Crippen LogP contribution in [0.5, 0.6) is 0 Å². The Kier molecular flexibility index (Phi) is 5.32. The minimum atomic E-state index is -0.106. The van der Waals surface area contributed by atoms with Crippen LogP contribution in [0.3, 0.4) is 0 Å². The Bertz CT molecular complexity index is 1340. The van der Waals surface area contributed by atoms with E-state index in [4.69, 9.17) is 9.40 Å². The summed E-state index contributed by atoms with van der Waals surface area (Å²) in [6.45, 7) is 8.48. The summed E-state index contributed by atoms with van der Waals surface area (Å²) in [5, 5.41) is 4.29. The molecular weight excluding hydrogens is 414 g/mol. The molecule has 4 aromatic rings. The lowest BCUT2D eigenvalue weighted by Gasteiger charge is -2.24. The predicted octanol–water partition coefficient (Wildman–Crippen LogP) is 5.57. The number of hydrogen-bond donors (Lipinski definition) is 1. The van der Waals surface area contributed by atoms with Gasteiger partial charge < -0.3 is 14.6 Å². The third-order valence-electron chi connectivity index (χ3n) is 6.10. The van der Waals surface area contributed by atoms with Gasteiger partial charge in [-0.3, -0.25) is 9.78 Å². The number of likely N-dealkylation sites (tertiary alicyclic amines) is 1. The topological polar surface area (TPSA) is 84.2 Å². The van der Waals surface area contributed by atoms with Gasteiger partial charge in [0.05, 0.1) is 11.7 Å². The van der Waals surface area contributed by atoms with Crippen LogP contribution in [-0.2, 0) is 0 Å². The molecule has 0 spiro atoms. The SMILES string of the molecule is Cc1cc(Nc2nc(C)cc(C)n2)cc([C@@H]2CCCN2C(=O)c2oc3ccccc3c2C)n1. The second-order valence-corrected chi connectivity index (χ2v) is 8.73. The van der Waals surface area contributed by atoms with Crippen LogP contribution in [0.15, 0.2) is 46.9 Å². The lowest BCUT2D eigenvalue weighted by molar-refractivity contribution is 0.0702. The van der Waals surface area contributed by atoms with Crippen LogP contribution in [0.1, 0.15) is 57.8 Å². The molecule has 7 heteroatoms. The summed E-state index contributed by atoms with van der Waals surface area (Å²) in [5.41, 5.74) is 6.03. The van der Waals surface area contributed by atoms with Crippen LogP contribution in [0.2, 0.25) is 0 Å². The molecule has 1 N–H and O–H groups in total. The van der Waals surface area contributed by atoms with E-state index in [1.165, 1.54) is 0 Å². The molecule has 1 aliphatic heterocycles. The van der Waals surface area contributed by atoms with Gasteiger partial charge in [-0.1, -0.05) is 18.2 Å². The highest BCUT2D eigenvalue weighted by Gasteiger charge is 2.34. The molecular formula is C26H27N5O2. The van der Waals surface area contributed by atoms with Gasteiger partial charge in [-0.2, -0.15) is 0 Å². The highest BCUT2D eigenvalue weighted by atomic mass is 16.3. The zero-order valence-electron chi connectivity index (χ0n) is 19.3. The van der Waals surface area contributed by atoms with Crippen molar-refractivity contribution in [2.75, 3.05) is 11.9 Å². The van der Waals surface area contributed by atoms with Gasteiger partial charge in [0.25, 0.3) is 5.91 Å². The van der Waals surface area contributed by atoms with Crippen molar-refractivity contribution in [3.05, 3.63) is 76.6 Å². The van der Waals surface area contributed by atoms with Gasteiger partial charge in [0.1, 0.15) is 5.58 Å². The first kappa shape index (κ1) is 21.1. The number of para-hydroxylation sites is 1. The first-order chi connectivity index (χ1) is 15.9. The number of fused-ring (bicyclic) bond motifs is 1. The van der Waals surface area contributed by atoms with Gasteiger partial charge in [0.2, 0.25) is 5.95 Å². The van der Waals surface area contributed by atoms with E-state index in [9.17, 15) is 4.79 Å². The Morgan fingerprint density at radius 2 is 1.73 bits per heavy atom. The molecule has 1 aliphatic rings. The molecule has 168 valence electrons. The van der Waals surface area contributed by atoms with Crippen molar-refractivity contribution in [2.45, 2.75) is 46.6 Å². The number of pyridine rings is 1. The second kappa shape index (κ2) is 8.31. The van der Waals surface area contributed by atoms with Gasteiger partial charge in [-0.25, -0.2) is 9.97 Å². The zero-order valence-corrected chi connectivity index (χ0v) is 19.3. The maximum atomic E-state index is 13.5. The average molecular weight is 442 g/mol. The molecule has 1 saturated heterocycles. The molecule has 3 aromatic heterocycles. The molecule has 0 radical (unpaired) electrons. The normalized spacial score (nSPS) is 15.9. The van der Waals surface area contributed by atoms with E-state index in [0.717, 1.165) is 57.8 Å². The van der Waals surface area contributed by atoms with E-state index in [1.54, 1.807) is 0 Å². The quantitative estimate of drug-likeness (QED) is 0.446. The van der Waals surface area contributed by atoms with Crippen LogP contribution in [0, 0.1) is 27.7 Å². The number of furan rings is 1. The molecule has 0 saturated carbocycles. The minimum absolute atomic E-state index is 0.0818. The highest BCUT2D eigenvalue weighted by Crippen LogP contribution is 2.35. The van der Waals surface area contributed by atoms with Crippen LogP contribution in [-0.4, -0.2) is 32.3 Å². The first-order valence-corrected chi connectivity index (χ1v) is 11.3. The Hall–Kier alpha value is -3.74. The van der Waals surface area contributed by atoms with Crippen LogP contribution < -0.4 is 5.32 Å². The van der Waals surface area contributed by atoms with Crippen LogP contribution in [0.25, 0.3) is 11.0 Å². The summed E-state index contributed by atoms with van der Waals surface area (Å²) in [5.74, 6) is 0.890. The Morgan fingerprint density at radius 1 is 1.00 bits per heavy atom. The van der Waals surface area contributed by atoms with Gasteiger partial charge >= 0.3 is 0 Å². The van der Waals surface area contributed by atoms with Gasteiger partial charge in [0, 0.05) is 40.3 Å². The fourth-order valence-corrected chi connectivity index (χ4v) is 4.67. The van der Waals surface area contributed by atoms with Crippen LogP contribution >= 0.6 is 0 Å². The molecule has 1 aromatic carbocycles. The minimum Gasteiger partial charge on any atom is -0.451 e. The van der Waals surface area contributed by atoms with Crippen molar-refractivity contribution in [3.8, 4) is 0 Å². The third-order valence-corrected chi connectivity index (χ3v) is 6.10. The second-order valence-electron chi connectivity index (χ2n) is 8.73. The molecule has 0 bridgehead atoms. The van der Waals surface area contributed by atoms with Crippen LogP contribution in [0.4, 0.5) is 11.6 Å². The number of nitrogens with one attached hydrogen (secondary N) is 1. The third kappa shape index (κ3) is 4.06. The number of anilines is 2. The van der Waals surface area contributed by atoms with Crippen molar-refractivity contribution in [3.63, 3.8) is 0 Å². The van der Waals surface area contributed by atoms with Gasteiger partial charge in [-0.15, -0.1) is 0 Å². The Morgan fingerprint density at radius 3 is 2.48 bits per heavy atom. The molecule has 1 amide bonds.